The Labute approximate surface area is 121 Å². The summed E-state index contributed by atoms with van der Waals surface area (Å²) in [6.07, 6.45) is 7.37. The van der Waals surface area contributed by atoms with Gasteiger partial charge in [0.1, 0.15) is 5.82 Å². The summed E-state index contributed by atoms with van der Waals surface area (Å²) < 4.78 is 0.294. The first kappa shape index (κ1) is 16.1. The fourth-order valence-electron chi connectivity index (χ4n) is 1.89. The highest BCUT2D eigenvalue weighted by Crippen LogP contribution is 2.30. The summed E-state index contributed by atoms with van der Waals surface area (Å²) in [5.74, 6) is 1.60. The van der Waals surface area contributed by atoms with E-state index in [1.165, 1.54) is 0 Å². The molecule has 0 unspecified atom stereocenters. The average molecular weight is 282 g/mol. The molecule has 19 heavy (non-hydrogen) atoms. The second-order valence-electron chi connectivity index (χ2n) is 4.64. The third-order valence-electron chi connectivity index (χ3n) is 3.50. The van der Waals surface area contributed by atoms with Gasteiger partial charge in [-0.2, -0.15) is 16.7 Å². The van der Waals surface area contributed by atoms with Crippen LogP contribution in [0.4, 0.5) is 11.8 Å². The quantitative estimate of drug-likeness (QED) is 0.724. The molecule has 0 aromatic carbocycles. The smallest absolute Gasteiger partial charge is 0.224 e. The van der Waals surface area contributed by atoms with Crippen molar-refractivity contribution in [1.29, 1.82) is 0 Å². The minimum atomic E-state index is 0.294. The molecule has 2 N–H and O–H groups in total. The summed E-state index contributed by atoms with van der Waals surface area (Å²) in [5, 5.41) is 6.65. The van der Waals surface area contributed by atoms with Crippen molar-refractivity contribution in [2.45, 2.75) is 44.8 Å². The zero-order chi connectivity index (χ0) is 14.1. The highest BCUT2D eigenvalue weighted by Gasteiger charge is 2.24. The van der Waals surface area contributed by atoms with Crippen LogP contribution in [-0.4, -0.2) is 34.1 Å². The third-order valence-corrected chi connectivity index (χ3v) is 5.09. The van der Waals surface area contributed by atoms with Crippen molar-refractivity contribution in [3.8, 4) is 0 Å². The van der Waals surface area contributed by atoms with Gasteiger partial charge in [0.15, 0.2) is 0 Å². The summed E-state index contributed by atoms with van der Waals surface area (Å²) in [6, 6.07) is 1.92. The van der Waals surface area contributed by atoms with E-state index < -0.39 is 0 Å². The van der Waals surface area contributed by atoms with Crippen molar-refractivity contribution < 1.29 is 0 Å². The highest BCUT2D eigenvalue weighted by atomic mass is 32.2. The van der Waals surface area contributed by atoms with E-state index in [0.717, 1.165) is 38.2 Å². The van der Waals surface area contributed by atoms with Gasteiger partial charge in [-0.1, -0.05) is 20.8 Å². The fraction of sp³-hybridized carbons (Fsp3) is 0.714. The van der Waals surface area contributed by atoms with E-state index in [9.17, 15) is 0 Å². The summed E-state index contributed by atoms with van der Waals surface area (Å²) >= 11 is 1.93. The fourth-order valence-corrected chi connectivity index (χ4v) is 2.69. The monoisotopic (exact) mass is 282 g/mol. The van der Waals surface area contributed by atoms with Crippen molar-refractivity contribution in [1.82, 2.24) is 9.97 Å². The summed E-state index contributed by atoms with van der Waals surface area (Å²) in [7, 11) is 0. The number of hydrogen-bond acceptors (Lipinski definition) is 5. The van der Waals surface area contributed by atoms with Crippen molar-refractivity contribution in [2.75, 3.05) is 30.0 Å². The van der Waals surface area contributed by atoms with Gasteiger partial charge in [-0.15, -0.1) is 0 Å². The predicted octanol–water partition coefficient (Wildman–Crippen LogP) is 3.63. The SMILES string of the molecule is CCCNc1nccc(NCC(CC)(CC)SC)n1. The Bertz CT molecular complexity index is 358. The van der Waals surface area contributed by atoms with Crippen LogP contribution in [0.3, 0.4) is 0 Å². The topological polar surface area (TPSA) is 49.8 Å². The molecule has 0 bridgehead atoms. The van der Waals surface area contributed by atoms with Gasteiger partial charge in [0.2, 0.25) is 5.95 Å². The van der Waals surface area contributed by atoms with Gasteiger partial charge in [-0.3, -0.25) is 0 Å². The molecule has 0 spiro atoms. The van der Waals surface area contributed by atoms with E-state index in [0.29, 0.717) is 10.7 Å². The van der Waals surface area contributed by atoms with Crippen LogP contribution in [0.2, 0.25) is 0 Å². The molecule has 5 heteroatoms. The average Bonchev–Trinajstić information content (AvgIpc) is 2.47. The number of thioether (sulfide) groups is 1. The number of anilines is 2. The van der Waals surface area contributed by atoms with Crippen LogP contribution >= 0.6 is 11.8 Å². The molecule has 4 nitrogen and oxygen atoms in total. The molecule has 1 rings (SSSR count). The Morgan fingerprint density at radius 1 is 1.21 bits per heavy atom. The minimum Gasteiger partial charge on any atom is -0.369 e. The van der Waals surface area contributed by atoms with Gasteiger partial charge in [0.25, 0.3) is 0 Å². The number of rotatable bonds is 9. The van der Waals surface area contributed by atoms with E-state index in [-0.39, 0.29) is 0 Å². The van der Waals surface area contributed by atoms with Gasteiger partial charge >= 0.3 is 0 Å². The first-order valence-electron chi connectivity index (χ1n) is 7.05. The number of nitrogens with zero attached hydrogens (tertiary/aromatic N) is 2. The van der Waals surface area contributed by atoms with E-state index in [4.69, 9.17) is 0 Å². The second kappa shape index (κ2) is 8.25. The maximum Gasteiger partial charge on any atom is 0.224 e. The molecule has 0 radical (unpaired) electrons. The van der Waals surface area contributed by atoms with E-state index in [1.54, 1.807) is 6.20 Å². The highest BCUT2D eigenvalue weighted by molar-refractivity contribution is 8.00. The Hall–Kier alpha value is -0.970. The minimum absolute atomic E-state index is 0.294. The Morgan fingerprint density at radius 3 is 2.53 bits per heavy atom. The zero-order valence-electron chi connectivity index (χ0n) is 12.5. The Balaban J connectivity index is 2.61. The van der Waals surface area contributed by atoms with Crippen molar-refractivity contribution in [3.05, 3.63) is 12.3 Å². The predicted molar refractivity (Wildman–Crippen MR) is 86.1 cm³/mol. The molecule has 0 amide bonds. The third kappa shape index (κ3) is 4.90. The number of aromatic nitrogens is 2. The van der Waals surface area contributed by atoms with E-state index in [2.05, 4.69) is 47.6 Å². The number of hydrogen-bond donors (Lipinski definition) is 2. The Kier molecular flexibility index (Phi) is 6.99. The maximum absolute atomic E-state index is 4.47. The molecular weight excluding hydrogens is 256 g/mol. The van der Waals surface area contributed by atoms with Crippen LogP contribution in [0.25, 0.3) is 0 Å². The van der Waals surface area contributed by atoms with Crippen LogP contribution in [0.1, 0.15) is 40.0 Å². The summed E-state index contributed by atoms with van der Waals surface area (Å²) in [4.78, 5) is 8.69. The van der Waals surface area contributed by atoms with Crippen LogP contribution in [0.5, 0.6) is 0 Å². The lowest BCUT2D eigenvalue weighted by Gasteiger charge is -2.30. The summed E-state index contributed by atoms with van der Waals surface area (Å²) in [6.45, 7) is 8.46. The molecule has 1 heterocycles. The van der Waals surface area contributed by atoms with Crippen LogP contribution in [-0.2, 0) is 0 Å². The van der Waals surface area contributed by atoms with Gasteiger partial charge in [-0.05, 0) is 31.6 Å². The van der Waals surface area contributed by atoms with E-state index in [1.807, 2.05) is 17.8 Å². The van der Waals surface area contributed by atoms with Crippen LogP contribution in [0, 0.1) is 0 Å². The molecule has 108 valence electrons. The first-order chi connectivity index (χ1) is 9.19. The molecular formula is C14H26N4S. The molecule has 0 saturated carbocycles. The molecule has 0 fully saturated rings. The van der Waals surface area contributed by atoms with Crippen LogP contribution < -0.4 is 10.6 Å². The Morgan fingerprint density at radius 2 is 1.95 bits per heavy atom. The molecule has 1 aromatic heterocycles. The van der Waals surface area contributed by atoms with Gasteiger partial charge < -0.3 is 10.6 Å². The van der Waals surface area contributed by atoms with Gasteiger partial charge in [-0.25, -0.2) is 4.98 Å². The molecule has 0 aliphatic heterocycles. The normalized spacial score (nSPS) is 11.4. The standard InChI is InChI=1S/C14H26N4S/c1-5-9-15-13-16-10-8-12(18-13)17-11-14(6-2,7-3)19-4/h8,10H,5-7,9,11H2,1-4H3,(H2,15,16,17,18). The van der Waals surface area contributed by atoms with E-state index >= 15 is 0 Å². The lowest BCUT2D eigenvalue weighted by Crippen LogP contribution is -2.32. The second-order valence-corrected chi connectivity index (χ2v) is 5.91. The van der Waals surface area contributed by atoms with Crippen molar-refractivity contribution >= 4 is 23.5 Å². The lowest BCUT2D eigenvalue weighted by atomic mass is 10.0. The van der Waals surface area contributed by atoms with Gasteiger partial charge in [0, 0.05) is 24.0 Å². The molecule has 0 saturated heterocycles. The summed E-state index contributed by atoms with van der Waals surface area (Å²) in [5.41, 5.74) is 0. The maximum atomic E-state index is 4.47. The first-order valence-corrected chi connectivity index (χ1v) is 8.28. The van der Waals surface area contributed by atoms with Crippen molar-refractivity contribution in [2.24, 2.45) is 0 Å². The lowest BCUT2D eigenvalue weighted by molar-refractivity contribution is 0.574. The number of nitrogens with one attached hydrogen (secondary N) is 2. The zero-order valence-corrected chi connectivity index (χ0v) is 13.3. The van der Waals surface area contributed by atoms with Crippen LogP contribution in [0.15, 0.2) is 12.3 Å². The molecule has 0 aliphatic rings. The van der Waals surface area contributed by atoms with Crippen molar-refractivity contribution in [3.63, 3.8) is 0 Å². The van der Waals surface area contributed by atoms with Gasteiger partial charge in [0.05, 0.1) is 0 Å². The molecule has 1 aromatic rings. The largest absolute Gasteiger partial charge is 0.369 e. The molecule has 0 aliphatic carbocycles. The molecule has 0 atom stereocenters.